The van der Waals surface area contributed by atoms with Gasteiger partial charge in [0.05, 0.1) is 5.69 Å². The Hall–Kier alpha value is -4.70. The van der Waals surface area contributed by atoms with Gasteiger partial charge in [0.1, 0.15) is 12.2 Å². The maximum Gasteiger partial charge on any atom is 0.137 e. The van der Waals surface area contributed by atoms with Gasteiger partial charge in [-0.15, -0.1) is 0 Å². The molecule has 0 saturated heterocycles. The van der Waals surface area contributed by atoms with Gasteiger partial charge in [-0.3, -0.25) is 5.10 Å². The van der Waals surface area contributed by atoms with Crippen LogP contribution in [0.3, 0.4) is 0 Å². The molecule has 0 aliphatic carbocycles. The molecule has 0 spiro atoms. The van der Waals surface area contributed by atoms with E-state index in [0.29, 0.717) is 0 Å². The molecule has 0 aliphatic rings. The summed E-state index contributed by atoms with van der Waals surface area (Å²) in [5, 5.41) is 6.93. The molecule has 0 radical (unpaired) electrons. The largest absolute Gasteiger partial charge is 0.354 e. The zero-order valence-electron chi connectivity index (χ0n) is 19.1. The van der Waals surface area contributed by atoms with Gasteiger partial charge in [-0.25, -0.2) is 4.98 Å². The number of rotatable bonds is 6. The summed E-state index contributed by atoms with van der Waals surface area (Å²) in [4.78, 5) is 8.03. The zero-order valence-corrected chi connectivity index (χ0v) is 19.1. The number of nitrogens with one attached hydrogen (secondary N) is 2. The fraction of sp³-hybridized carbons (Fsp3) is 0.0323. The summed E-state index contributed by atoms with van der Waals surface area (Å²) in [7, 11) is 0. The molecule has 2 N–H and O–H groups in total. The summed E-state index contributed by atoms with van der Waals surface area (Å²) < 4.78 is 0. The topological polar surface area (TPSA) is 57.4 Å². The molecule has 0 atom stereocenters. The minimum Gasteiger partial charge on any atom is -0.354 e. The Labute approximate surface area is 204 Å². The average molecular weight is 453 g/mol. The summed E-state index contributed by atoms with van der Waals surface area (Å²) in [6.07, 6.45) is 2.27. The molecule has 0 amide bonds. The second kappa shape index (κ2) is 9.27. The highest BCUT2D eigenvalue weighted by molar-refractivity contribution is 5.90. The Balaban J connectivity index is 1.46. The van der Waals surface area contributed by atoms with E-state index in [9.17, 15) is 0 Å². The number of hydrogen-bond acceptors (Lipinski definition) is 2. The first kappa shape index (κ1) is 20.9. The summed E-state index contributed by atoms with van der Waals surface area (Å²) in [5.41, 5.74) is 10.5. The van der Waals surface area contributed by atoms with Crippen LogP contribution in [0.4, 0.5) is 0 Å². The maximum atomic E-state index is 4.28. The highest BCUT2D eigenvalue weighted by Gasteiger charge is 2.16. The van der Waals surface area contributed by atoms with Crippen molar-refractivity contribution in [3.8, 4) is 44.8 Å². The van der Waals surface area contributed by atoms with Crippen molar-refractivity contribution in [2.45, 2.75) is 6.42 Å². The van der Waals surface area contributed by atoms with E-state index in [0.717, 1.165) is 23.6 Å². The smallest absolute Gasteiger partial charge is 0.137 e. The molecule has 4 heteroatoms. The minimum atomic E-state index is 0.717. The molecule has 0 bridgehead atoms. The van der Waals surface area contributed by atoms with Crippen molar-refractivity contribution in [1.82, 2.24) is 20.2 Å². The van der Waals surface area contributed by atoms with Gasteiger partial charge in [0.2, 0.25) is 0 Å². The molecule has 168 valence electrons. The Kier molecular flexibility index (Phi) is 5.53. The third kappa shape index (κ3) is 4.30. The molecule has 6 aromatic rings. The van der Waals surface area contributed by atoms with Crippen LogP contribution in [0.25, 0.3) is 44.8 Å². The highest BCUT2D eigenvalue weighted by Crippen LogP contribution is 2.39. The highest BCUT2D eigenvalue weighted by atomic mass is 15.2. The Morgan fingerprint density at radius 1 is 0.571 bits per heavy atom. The summed E-state index contributed by atoms with van der Waals surface area (Å²) in [6.45, 7) is 0. The molecule has 0 fully saturated rings. The normalized spacial score (nSPS) is 11.0. The van der Waals surface area contributed by atoms with E-state index in [4.69, 9.17) is 0 Å². The van der Waals surface area contributed by atoms with E-state index in [1.54, 1.807) is 6.33 Å². The van der Waals surface area contributed by atoms with Crippen molar-refractivity contribution in [3.63, 3.8) is 0 Å². The predicted molar refractivity (Wildman–Crippen MR) is 142 cm³/mol. The van der Waals surface area contributed by atoms with Gasteiger partial charge in [0.15, 0.2) is 0 Å². The molecule has 6 rings (SSSR count). The molecule has 2 aromatic heterocycles. The third-order valence-corrected chi connectivity index (χ3v) is 6.26. The summed E-state index contributed by atoms with van der Waals surface area (Å²) >= 11 is 0. The summed E-state index contributed by atoms with van der Waals surface area (Å²) in [5.74, 6) is 0.861. The van der Waals surface area contributed by atoms with E-state index in [-0.39, 0.29) is 0 Å². The van der Waals surface area contributed by atoms with Crippen molar-refractivity contribution in [2.24, 2.45) is 0 Å². The minimum absolute atomic E-state index is 0.717. The second-order valence-electron chi connectivity index (χ2n) is 8.56. The zero-order chi connectivity index (χ0) is 23.5. The number of hydrogen-bond donors (Lipinski definition) is 2. The molecule has 0 unspecified atom stereocenters. The number of benzene rings is 4. The maximum absolute atomic E-state index is 4.28. The SMILES string of the molecule is c1ccc(-c2cc(-c3ccccc3-c3cccc(Cc4ncn[nH]4)c3)[nH]c2-c2ccccc2)cc1. The van der Waals surface area contributed by atoms with Crippen molar-refractivity contribution in [3.05, 3.63) is 133 Å². The van der Waals surface area contributed by atoms with Crippen LogP contribution in [0.5, 0.6) is 0 Å². The fourth-order valence-corrected chi connectivity index (χ4v) is 4.61. The van der Waals surface area contributed by atoms with E-state index >= 15 is 0 Å². The van der Waals surface area contributed by atoms with Crippen LogP contribution >= 0.6 is 0 Å². The standard InChI is InChI=1S/C31H24N4/c1-3-11-23(12-4-1)28-20-29(34-31(28)24-13-5-2-6-14-24)27-17-8-7-16-26(27)25-15-9-10-22(18-25)19-30-32-21-33-35-30/h1-18,20-21,34H,19H2,(H,32,33,35). The van der Waals surface area contributed by atoms with Crippen LogP contribution in [0.2, 0.25) is 0 Å². The van der Waals surface area contributed by atoms with Gasteiger partial charge in [-0.1, -0.05) is 109 Å². The average Bonchev–Trinajstić information content (AvgIpc) is 3.60. The Bertz CT molecular complexity index is 1490. The lowest BCUT2D eigenvalue weighted by Crippen LogP contribution is -1.92. The van der Waals surface area contributed by atoms with Crippen LogP contribution in [0, 0.1) is 0 Å². The lowest BCUT2D eigenvalue weighted by atomic mass is 9.95. The number of aromatic nitrogens is 4. The van der Waals surface area contributed by atoms with Crippen LogP contribution in [0.15, 0.2) is 122 Å². The number of H-pyrrole nitrogens is 2. The molecule has 0 saturated carbocycles. The molecule has 2 heterocycles. The van der Waals surface area contributed by atoms with Crippen LogP contribution in [-0.2, 0) is 6.42 Å². The molecular formula is C31H24N4. The Morgan fingerprint density at radius 3 is 2.00 bits per heavy atom. The van der Waals surface area contributed by atoms with Crippen molar-refractivity contribution < 1.29 is 0 Å². The molecular weight excluding hydrogens is 428 g/mol. The quantitative estimate of drug-likeness (QED) is 0.277. The van der Waals surface area contributed by atoms with Crippen LogP contribution < -0.4 is 0 Å². The van der Waals surface area contributed by atoms with Crippen molar-refractivity contribution in [1.29, 1.82) is 0 Å². The van der Waals surface area contributed by atoms with E-state index < -0.39 is 0 Å². The predicted octanol–water partition coefficient (Wildman–Crippen LogP) is 7.39. The van der Waals surface area contributed by atoms with Crippen molar-refractivity contribution in [2.75, 3.05) is 0 Å². The first-order valence-corrected chi connectivity index (χ1v) is 11.7. The molecule has 4 nitrogen and oxygen atoms in total. The molecule has 4 aromatic carbocycles. The fourth-order valence-electron chi connectivity index (χ4n) is 4.61. The van der Waals surface area contributed by atoms with E-state index in [1.807, 2.05) is 0 Å². The molecule has 35 heavy (non-hydrogen) atoms. The lowest BCUT2D eigenvalue weighted by molar-refractivity contribution is 0.972. The number of nitrogens with zero attached hydrogens (tertiary/aromatic N) is 2. The first-order chi connectivity index (χ1) is 17.3. The van der Waals surface area contributed by atoms with Crippen molar-refractivity contribution >= 4 is 0 Å². The van der Waals surface area contributed by atoms with Gasteiger partial charge in [-0.2, -0.15) is 5.10 Å². The van der Waals surface area contributed by atoms with Gasteiger partial charge < -0.3 is 4.98 Å². The van der Waals surface area contributed by atoms with Gasteiger partial charge in [0, 0.05) is 23.2 Å². The lowest BCUT2D eigenvalue weighted by Gasteiger charge is -2.10. The van der Waals surface area contributed by atoms with E-state index in [2.05, 4.69) is 135 Å². The van der Waals surface area contributed by atoms with Gasteiger partial charge in [0.25, 0.3) is 0 Å². The van der Waals surface area contributed by atoms with Crippen LogP contribution in [0.1, 0.15) is 11.4 Å². The Morgan fingerprint density at radius 2 is 1.26 bits per heavy atom. The third-order valence-electron chi connectivity index (χ3n) is 6.26. The van der Waals surface area contributed by atoms with Crippen LogP contribution in [-0.4, -0.2) is 20.2 Å². The molecule has 0 aliphatic heterocycles. The van der Waals surface area contributed by atoms with E-state index in [1.165, 1.54) is 38.9 Å². The van der Waals surface area contributed by atoms with Gasteiger partial charge in [-0.05, 0) is 33.9 Å². The first-order valence-electron chi connectivity index (χ1n) is 11.7. The number of aromatic amines is 2. The second-order valence-corrected chi connectivity index (χ2v) is 8.56. The monoisotopic (exact) mass is 452 g/mol. The summed E-state index contributed by atoms with van der Waals surface area (Å²) in [6, 6.07) is 40.6. The van der Waals surface area contributed by atoms with Gasteiger partial charge >= 0.3 is 0 Å².